The Morgan fingerprint density at radius 2 is 2.07 bits per heavy atom. The molecule has 0 spiro atoms. The second-order valence-electron chi connectivity index (χ2n) is 2.66. The van der Waals surface area contributed by atoms with Gasteiger partial charge in [-0.1, -0.05) is 11.6 Å². The van der Waals surface area contributed by atoms with Gasteiger partial charge < -0.3 is 0 Å². The molecule has 0 N–H and O–H groups in total. The lowest BCUT2D eigenvalue weighted by molar-refractivity contribution is -0.118. The fraction of sp³-hybridized carbons (Fsp3) is 0.429. The summed E-state index contributed by atoms with van der Waals surface area (Å²) < 4.78 is 0. The molecule has 1 rings (SSSR count). The van der Waals surface area contributed by atoms with E-state index >= 15 is 0 Å². The first-order valence-corrected chi connectivity index (χ1v) is 4.83. The average Bonchev–Trinajstić information content (AvgIpc) is 2.13. The second-order valence-corrected chi connectivity index (χ2v) is 3.88. The predicted octanol–water partition coefficient (Wildman–Crippen LogP) is 2.44. The van der Waals surface area contributed by atoms with E-state index in [9.17, 15) is 9.59 Å². The summed E-state index contributed by atoms with van der Waals surface area (Å²) in [7, 11) is 0. The molecule has 0 radical (unpaired) electrons. The Labute approximate surface area is 94.9 Å². The first kappa shape index (κ1) is 11.6. The smallest absolute Gasteiger partial charge is 0.281 e. The van der Waals surface area contributed by atoms with Crippen LogP contribution in [0.25, 0.3) is 0 Å². The quantitative estimate of drug-likeness (QED) is 0.562. The van der Waals surface area contributed by atoms with E-state index in [0.717, 1.165) is 0 Å². The van der Waals surface area contributed by atoms with Crippen molar-refractivity contribution in [2.75, 3.05) is 0 Å². The van der Waals surface area contributed by atoms with Crippen LogP contribution in [0.2, 0.25) is 0 Å². The van der Waals surface area contributed by atoms with Gasteiger partial charge in [0.2, 0.25) is 5.24 Å². The molecule has 76 valence electrons. The molecule has 7 heteroatoms. The minimum atomic E-state index is -1.07. The van der Waals surface area contributed by atoms with E-state index in [0.29, 0.717) is 0 Å². The maximum atomic E-state index is 10.9. The maximum Gasteiger partial charge on any atom is 0.287 e. The number of hydrogen-bond acceptors (Lipinski definition) is 3. The number of azo groups is 1. The lowest BCUT2D eigenvalue weighted by Crippen LogP contribution is -2.20. The van der Waals surface area contributed by atoms with Crippen molar-refractivity contribution in [2.24, 2.45) is 16.1 Å². The molecular formula is C7H5Cl3N2O2. The van der Waals surface area contributed by atoms with Gasteiger partial charge in [0.05, 0.1) is 16.6 Å². The summed E-state index contributed by atoms with van der Waals surface area (Å²) in [5.41, 5.74) is 0.145. The Kier molecular flexibility index (Phi) is 3.64. The third-order valence-electron chi connectivity index (χ3n) is 1.69. The molecule has 0 saturated heterocycles. The van der Waals surface area contributed by atoms with Gasteiger partial charge in [0, 0.05) is 0 Å². The Hall–Kier alpha value is -0.450. The van der Waals surface area contributed by atoms with Crippen molar-refractivity contribution in [2.45, 2.75) is 12.3 Å². The number of hydrogen-bond donors (Lipinski definition) is 0. The predicted molar refractivity (Wildman–Crippen MR) is 52.4 cm³/mol. The minimum absolute atomic E-state index is 0.00756. The summed E-state index contributed by atoms with van der Waals surface area (Å²) >= 11 is 16.6. The summed E-state index contributed by atoms with van der Waals surface area (Å²) in [4.78, 5) is 21.7. The highest BCUT2D eigenvalue weighted by Crippen LogP contribution is 2.30. The lowest BCUT2D eigenvalue weighted by atomic mass is 10.1. The fourth-order valence-electron chi connectivity index (χ4n) is 0.841. The zero-order valence-corrected chi connectivity index (χ0v) is 9.27. The van der Waals surface area contributed by atoms with Crippen LogP contribution < -0.4 is 0 Å². The Morgan fingerprint density at radius 1 is 1.50 bits per heavy atom. The zero-order valence-electron chi connectivity index (χ0n) is 7.00. The molecule has 1 aliphatic rings. The molecule has 1 aliphatic heterocycles. The Morgan fingerprint density at radius 3 is 2.57 bits per heavy atom. The number of amides is 1. The van der Waals surface area contributed by atoms with Crippen LogP contribution >= 0.6 is 34.8 Å². The van der Waals surface area contributed by atoms with Gasteiger partial charge in [-0.25, -0.2) is 0 Å². The van der Waals surface area contributed by atoms with Gasteiger partial charge in [0.1, 0.15) is 0 Å². The first-order valence-electron chi connectivity index (χ1n) is 3.63. The van der Waals surface area contributed by atoms with E-state index in [1.807, 2.05) is 0 Å². The molecule has 0 aromatic rings. The molecule has 1 heterocycles. The summed E-state index contributed by atoms with van der Waals surface area (Å²) in [6.07, 6.45) is 0. The number of alkyl halides is 1. The number of rotatable bonds is 2. The summed E-state index contributed by atoms with van der Waals surface area (Å²) in [6.45, 7) is 1.51. The Bertz CT molecular complexity index is 351. The van der Waals surface area contributed by atoms with Crippen molar-refractivity contribution >= 4 is 46.0 Å². The number of allylic oxidation sites excluding steroid dienone is 1. The monoisotopic (exact) mass is 254 g/mol. The highest BCUT2D eigenvalue weighted by molar-refractivity contribution is 6.64. The molecule has 14 heavy (non-hydrogen) atoms. The second kappa shape index (κ2) is 4.38. The normalized spacial score (nSPS) is 24.0. The van der Waals surface area contributed by atoms with E-state index in [-0.39, 0.29) is 10.7 Å². The molecule has 2 unspecified atom stereocenters. The Balaban J connectivity index is 3.05. The van der Waals surface area contributed by atoms with Crippen molar-refractivity contribution in [3.8, 4) is 0 Å². The summed E-state index contributed by atoms with van der Waals surface area (Å²) in [5.74, 6) is -1.36. The largest absolute Gasteiger partial charge is 0.287 e. The lowest BCUT2D eigenvalue weighted by Gasteiger charge is -2.14. The van der Waals surface area contributed by atoms with Gasteiger partial charge in [-0.2, -0.15) is 0 Å². The van der Waals surface area contributed by atoms with Crippen molar-refractivity contribution in [3.63, 3.8) is 0 Å². The summed E-state index contributed by atoms with van der Waals surface area (Å²) in [5, 5.41) is 5.05. The molecule has 2 atom stereocenters. The van der Waals surface area contributed by atoms with Crippen molar-refractivity contribution < 1.29 is 9.59 Å². The third kappa shape index (κ3) is 2.13. The molecule has 1 amide bonds. The van der Waals surface area contributed by atoms with Crippen LogP contribution in [0.5, 0.6) is 0 Å². The van der Waals surface area contributed by atoms with Crippen LogP contribution in [0.1, 0.15) is 6.92 Å². The van der Waals surface area contributed by atoms with Crippen LogP contribution in [0.15, 0.2) is 21.0 Å². The maximum absolute atomic E-state index is 10.9. The average molecular weight is 255 g/mol. The van der Waals surface area contributed by atoms with E-state index in [2.05, 4.69) is 10.2 Å². The van der Waals surface area contributed by atoms with Crippen LogP contribution in [0.4, 0.5) is 0 Å². The fourth-order valence-corrected chi connectivity index (χ4v) is 1.39. The number of nitrogens with zero attached hydrogens (tertiary/aromatic N) is 2. The van der Waals surface area contributed by atoms with Crippen LogP contribution in [-0.2, 0) is 9.59 Å². The van der Waals surface area contributed by atoms with Gasteiger partial charge in [0.25, 0.3) is 5.91 Å². The molecule has 0 aromatic heterocycles. The SMILES string of the molecule is CC(C(=O)Cl)C1=C(Cl)C(Cl)C(=O)N=N1. The van der Waals surface area contributed by atoms with Crippen molar-refractivity contribution in [3.05, 3.63) is 10.7 Å². The van der Waals surface area contributed by atoms with Crippen molar-refractivity contribution in [1.29, 1.82) is 0 Å². The van der Waals surface area contributed by atoms with E-state index in [1.54, 1.807) is 0 Å². The minimum Gasteiger partial charge on any atom is -0.281 e. The molecule has 0 aliphatic carbocycles. The van der Waals surface area contributed by atoms with Gasteiger partial charge in [-0.15, -0.1) is 21.8 Å². The van der Waals surface area contributed by atoms with Gasteiger partial charge in [-0.3, -0.25) is 9.59 Å². The highest BCUT2D eigenvalue weighted by atomic mass is 35.5. The van der Waals surface area contributed by atoms with Crippen LogP contribution in [0.3, 0.4) is 0 Å². The van der Waals surface area contributed by atoms with Crippen molar-refractivity contribution in [1.82, 2.24) is 0 Å². The topological polar surface area (TPSA) is 58.9 Å². The third-order valence-corrected chi connectivity index (χ3v) is 2.95. The molecule has 0 aromatic carbocycles. The van der Waals surface area contributed by atoms with E-state index in [1.165, 1.54) is 6.92 Å². The molecule has 0 fully saturated rings. The van der Waals surface area contributed by atoms with Gasteiger partial charge in [0.15, 0.2) is 5.38 Å². The highest BCUT2D eigenvalue weighted by Gasteiger charge is 2.30. The zero-order chi connectivity index (χ0) is 10.9. The van der Waals surface area contributed by atoms with Crippen LogP contribution in [0, 0.1) is 5.92 Å². The molecule has 0 saturated carbocycles. The molecule has 0 bridgehead atoms. The number of halogens is 3. The standard InChI is InChI=1S/C7H5Cl3N2O2/c1-2(6(10)13)5-3(8)4(9)7(14)12-11-5/h2,4H,1H3. The van der Waals surface area contributed by atoms with E-state index < -0.39 is 22.4 Å². The van der Waals surface area contributed by atoms with Gasteiger partial charge in [-0.05, 0) is 18.5 Å². The van der Waals surface area contributed by atoms with Crippen LogP contribution in [-0.4, -0.2) is 16.5 Å². The first-order chi connectivity index (χ1) is 6.45. The number of carbonyl (C=O) groups excluding carboxylic acids is 2. The van der Waals surface area contributed by atoms with E-state index in [4.69, 9.17) is 34.8 Å². The molecular weight excluding hydrogens is 250 g/mol. The summed E-state index contributed by atoms with van der Waals surface area (Å²) in [6, 6.07) is 0. The molecule has 4 nitrogen and oxygen atoms in total. The van der Waals surface area contributed by atoms with Gasteiger partial charge >= 0.3 is 0 Å². The number of carbonyl (C=O) groups is 2.